The van der Waals surface area contributed by atoms with Gasteiger partial charge in [-0.1, -0.05) is 11.6 Å². The molecule has 0 saturated carbocycles. The SMILES string of the molecule is Cl.Fc1nc(Cl)ccc1OC[C@@H]1CCCN1. The van der Waals surface area contributed by atoms with Gasteiger partial charge >= 0.3 is 0 Å². The Labute approximate surface area is 105 Å². The Kier molecular flexibility index (Phi) is 5.25. The van der Waals surface area contributed by atoms with Crippen molar-refractivity contribution in [1.82, 2.24) is 10.3 Å². The van der Waals surface area contributed by atoms with E-state index < -0.39 is 5.95 Å². The second kappa shape index (κ2) is 6.23. The minimum absolute atomic E-state index is 0. The van der Waals surface area contributed by atoms with Crippen LogP contribution in [0.5, 0.6) is 5.75 Å². The first-order valence-corrected chi connectivity index (χ1v) is 5.32. The first kappa shape index (κ1) is 13.5. The minimum Gasteiger partial charge on any atom is -0.487 e. The standard InChI is InChI=1S/C10H12ClFN2O.ClH/c11-9-4-3-8(10(12)14-9)15-6-7-2-1-5-13-7;/h3-4,7,13H,1-2,5-6H2;1H/t7-;/m0./s1. The van der Waals surface area contributed by atoms with Crippen LogP contribution in [0.25, 0.3) is 0 Å². The molecule has 16 heavy (non-hydrogen) atoms. The van der Waals surface area contributed by atoms with Crippen LogP contribution in [-0.4, -0.2) is 24.2 Å². The summed E-state index contributed by atoms with van der Waals surface area (Å²) in [6.07, 6.45) is 2.22. The Balaban J connectivity index is 0.00000128. The molecule has 3 nitrogen and oxygen atoms in total. The van der Waals surface area contributed by atoms with Gasteiger partial charge in [-0.3, -0.25) is 0 Å². The molecule has 1 atom stereocenters. The molecule has 1 aliphatic rings. The number of rotatable bonds is 3. The fourth-order valence-corrected chi connectivity index (χ4v) is 1.73. The van der Waals surface area contributed by atoms with Gasteiger partial charge in [-0.15, -0.1) is 12.4 Å². The lowest BCUT2D eigenvalue weighted by Gasteiger charge is -2.11. The van der Waals surface area contributed by atoms with Gasteiger partial charge in [-0.05, 0) is 31.5 Å². The number of halogens is 3. The van der Waals surface area contributed by atoms with Crippen molar-refractivity contribution in [3.63, 3.8) is 0 Å². The van der Waals surface area contributed by atoms with E-state index in [9.17, 15) is 4.39 Å². The Bertz CT molecular complexity index is 346. The molecule has 1 aromatic rings. The molecule has 0 aliphatic carbocycles. The largest absolute Gasteiger partial charge is 0.487 e. The molecule has 0 aromatic carbocycles. The van der Waals surface area contributed by atoms with Crippen molar-refractivity contribution < 1.29 is 9.13 Å². The molecule has 1 aromatic heterocycles. The summed E-state index contributed by atoms with van der Waals surface area (Å²) in [5, 5.41) is 3.40. The maximum Gasteiger partial charge on any atom is 0.256 e. The lowest BCUT2D eigenvalue weighted by Crippen LogP contribution is -2.28. The first-order chi connectivity index (χ1) is 7.25. The van der Waals surface area contributed by atoms with Crippen molar-refractivity contribution in [3.05, 3.63) is 23.2 Å². The Morgan fingerprint density at radius 1 is 1.56 bits per heavy atom. The second-order valence-corrected chi connectivity index (χ2v) is 3.91. The van der Waals surface area contributed by atoms with E-state index in [-0.39, 0.29) is 23.3 Å². The van der Waals surface area contributed by atoms with Crippen LogP contribution in [0.2, 0.25) is 5.15 Å². The summed E-state index contributed by atoms with van der Waals surface area (Å²) >= 11 is 5.53. The molecule has 0 bridgehead atoms. The van der Waals surface area contributed by atoms with Gasteiger partial charge in [0.15, 0.2) is 5.75 Å². The summed E-state index contributed by atoms with van der Waals surface area (Å²) in [6, 6.07) is 3.34. The molecule has 0 radical (unpaired) electrons. The molecular weight excluding hydrogens is 254 g/mol. The predicted octanol–water partition coefficient (Wildman–Crippen LogP) is 2.43. The zero-order valence-electron chi connectivity index (χ0n) is 8.58. The Morgan fingerprint density at radius 3 is 3.00 bits per heavy atom. The maximum absolute atomic E-state index is 13.2. The van der Waals surface area contributed by atoms with Crippen LogP contribution in [0.3, 0.4) is 0 Å². The second-order valence-electron chi connectivity index (χ2n) is 3.53. The monoisotopic (exact) mass is 266 g/mol. The zero-order chi connectivity index (χ0) is 10.7. The van der Waals surface area contributed by atoms with Crippen LogP contribution in [0.4, 0.5) is 4.39 Å². The van der Waals surface area contributed by atoms with E-state index in [1.54, 1.807) is 0 Å². The number of aromatic nitrogens is 1. The van der Waals surface area contributed by atoms with Gasteiger partial charge in [0, 0.05) is 6.04 Å². The highest BCUT2D eigenvalue weighted by atomic mass is 35.5. The molecule has 6 heteroatoms. The van der Waals surface area contributed by atoms with Gasteiger partial charge in [0.1, 0.15) is 11.8 Å². The van der Waals surface area contributed by atoms with E-state index in [2.05, 4.69) is 10.3 Å². The van der Waals surface area contributed by atoms with E-state index in [1.807, 2.05) is 0 Å². The van der Waals surface area contributed by atoms with Crippen molar-refractivity contribution >= 4 is 24.0 Å². The van der Waals surface area contributed by atoms with Crippen molar-refractivity contribution in [3.8, 4) is 5.75 Å². The molecule has 0 amide bonds. The molecule has 2 heterocycles. The lowest BCUT2D eigenvalue weighted by molar-refractivity contribution is 0.262. The summed E-state index contributed by atoms with van der Waals surface area (Å²) in [5.74, 6) is -0.492. The highest BCUT2D eigenvalue weighted by Crippen LogP contribution is 2.18. The molecule has 1 N–H and O–H groups in total. The summed E-state index contributed by atoms with van der Waals surface area (Å²) in [4.78, 5) is 3.47. The van der Waals surface area contributed by atoms with Gasteiger partial charge in [-0.25, -0.2) is 4.98 Å². The van der Waals surface area contributed by atoms with Crippen LogP contribution in [-0.2, 0) is 0 Å². The van der Waals surface area contributed by atoms with E-state index >= 15 is 0 Å². The molecule has 1 saturated heterocycles. The number of ether oxygens (including phenoxy) is 1. The molecule has 0 spiro atoms. The van der Waals surface area contributed by atoms with Crippen LogP contribution in [0, 0.1) is 5.95 Å². The first-order valence-electron chi connectivity index (χ1n) is 4.94. The normalized spacial score (nSPS) is 19.2. The molecule has 2 rings (SSSR count). The third-order valence-corrected chi connectivity index (χ3v) is 2.59. The van der Waals surface area contributed by atoms with E-state index in [0.717, 1.165) is 19.4 Å². The van der Waals surface area contributed by atoms with Gasteiger partial charge in [0.25, 0.3) is 5.95 Å². The van der Waals surface area contributed by atoms with Crippen molar-refractivity contribution in [1.29, 1.82) is 0 Å². The van der Waals surface area contributed by atoms with Gasteiger partial charge in [0.2, 0.25) is 0 Å². The Morgan fingerprint density at radius 2 is 2.38 bits per heavy atom. The molecule has 90 valence electrons. The summed E-state index contributed by atoms with van der Waals surface area (Å²) < 4.78 is 18.5. The average molecular weight is 267 g/mol. The third kappa shape index (κ3) is 3.47. The molecule has 0 unspecified atom stereocenters. The maximum atomic E-state index is 13.2. The quantitative estimate of drug-likeness (QED) is 0.854. The van der Waals surface area contributed by atoms with Gasteiger partial charge in [-0.2, -0.15) is 4.39 Å². The highest BCUT2D eigenvalue weighted by Gasteiger charge is 2.15. The summed E-state index contributed by atoms with van der Waals surface area (Å²) in [7, 11) is 0. The number of nitrogens with zero attached hydrogens (tertiary/aromatic N) is 1. The van der Waals surface area contributed by atoms with Crippen LogP contribution >= 0.6 is 24.0 Å². The highest BCUT2D eigenvalue weighted by molar-refractivity contribution is 6.29. The van der Waals surface area contributed by atoms with E-state index in [4.69, 9.17) is 16.3 Å². The summed E-state index contributed by atoms with van der Waals surface area (Å²) in [6.45, 7) is 1.48. The fraction of sp³-hybridized carbons (Fsp3) is 0.500. The van der Waals surface area contributed by atoms with E-state index in [1.165, 1.54) is 12.1 Å². The number of hydrogen-bond acceptors (Lipinski definition) is 3. The molecule has 1 fully saturated rings. The van der Waals surface area contributed by atoms with Crippen LogP contribution in [0.1, 0.15) is 12.8 Å². The zero-order valence-corrected chi connectivity index (χ0v) is 10.2. The molecule has 1 aliphatic heterocycles. The summed E-state index contributed by atoms with van der Waals surface area (Å²) in [5.41, 5.74) is 0. The fourth-order valence-electron chi connectivity index (χ4n) is 1.60. The Hall–Kier alpha value is -0.580. The predicted molar refractivity (Wildman–Crippen MR) is 63.0 cm³/mol. The van der Waals surface area contributed by atoms with Crippen molar-refractivity contribution in [2.75, 3.05) is 13.2 Å². The van der Waals surface area contributed by atoms with Gasteiger partial charge < -0.3 is 10.1 Å². The van der Waals surface area contributed by atoms with Crippen LogP contribution in [0.15, 0.2) is 12.1 Å². The number of nitrogens with one attached hydrogen (secondary N) is 1. The van der Waals surface area contributed by atoms with Crippen molar-refractivity contribution in [2.24, 2.45) is 0 Å². The topological polar surface area (TPSA) is 34.1 Å². The average Bonchev–Trinajstić information content (AvgIpc) is 2.69. The molecular formula is C10H13Cl2FN2O. The van der Waals surface area contributed by atoms with E-state index in [0.29, 0.717) is 12.6 Å². The minimum atomic E-state index is -0.652. The number of pyridine rings is 1. The van der Waals surface area contributed by atoms with Crippen LogP contribution < -0.4 is 10.1 Å². The van der Waals surface area contributed by atoms with Crippen molar-refractivity contribution in [2.45, 2.75) is 18.9 Å². The smallest absolute Gasteiger partial charge is 0.256 e. The van der Waals surface area contributed by atoms with Gasteiger partial charge in [0.05, 0.1) is 0 Å². The lowest BCUT2D eigenvalue weighted by atomic mass is 10.2. The third-order valence-electron chi connectivity index (χ3n) is 2.38. The number of hydrogen-bond donors (Lipinski definition) is 1.